The Kier molecular flexibility index (Phi) is 5.32. The maximum atomic E-state index is 9.30. The zero-order chi connectivity index (χ0) is 14.5. The number of likely N-dealkylation sites (tertiary alicyclic amines) is 1. The van der Waals surface area contributed by atoms with Gasteiger partial charge in [-0.3, -0.25) is 4.90 Å². The van der Waals surface area contributed by atoms with Crippen molar-refractivity contribution in [1.82, 2.24) is 4.90 Å². The van der Waals surface area contributed by atoms with Crippen LogP contribution in [-0.4, -0.2) is 35.2 Å². The minimum absolute atomic E-state index is 0.348. The summed E-state index contributed by atoms with van der Waals surface area (Å²) >= 11 is 0. The number of hydrogen-bond acceptors (Lipinski definition) is 2. The first-order valence-electron chi connectivity index (χ1n) is 8.80. The Labute approximate surface area is 129 Å². The lowest BCUT2D eigenvalue weighted by Crippen LogP contribution is -2.47. The summed E-state index contributed by atoms with van der Waals surface area (Å²) in [7, 11) is 0. The van der Waals surface area contributed by atoms with Gasteiger partial charge in [-0.25, -0.2) is 0 Å². The Morgan fingerprint density at radius 3 is 2.43 bits per heavy atom. The van der Waals surface area contributed by atoms with E-state index in [-0.39, 0.29) is 0 Å². The first-order chi connectivity index (χ1) is 10.4. The van der Waals surface area contributed by atoms with Gasteiger partial charge in [0.2, 0.25) is 0 Å². The van der Waals surface area contributed by atoms with Gasteiger partial charge in [0.25, 0.3) is 0 Å². The SMILES string of the molecule is OCC[C@@H]1CCCCN1C1CCC(c2ccccc2)CC1. The van der Waals surface area contributed by atoms with E-state index in [1.54, 1.807) is 0 Å². The van der Waals surface area contributed by atoms with Crippen LogP contribution in [0.1, 0.15) is 62.8 Å². The highest BCUT2D eigenvalue weighted by atomic mass is 16.3. The molecule has 1 aliphatic carbocycles. The average Bonchev–Trinajstić information content (AvgIpc) is 2.57. The summed E-state index contributed by atoms with van der Waals surface area (Å²) in [6.45, 7) is 1.60. The standard InChI is InChI=1S/C19H29NO/c21-15-13-18-8-4-5-14-20(18)19-11-9-17(10-12-19)16-6-2-1-3-7-16/h1-3,6-7,17-19,21H,4-5,8-15H2/t17?,18-,19?/m0/s1. The fraction of sp³-hybridized carbons (Fsp3) is 0.684. The number of aliphatic hydroxyl groups is 1. The van der Waals surface area contributed by atoms with Crippen LogP contribution in [0.3, 0.4) is 0 Å². The quantitative estimate of drug-likeness (QED) is 0.906. The van der Waals surface area contributed by atoms with Crippen molar-refractivity contribution < 1.29 is 5.11 Å². The van der Waals surface area contributed by atoms with Gasteiger partial charge >= 0.3 is 0 Å². The summed E-state index contributed by atoms with van der Waals surface area (Å²) in [5.41, 5.74) is 1.53. The molecule has 2 aliphatic rings. The van der Waals surface area contributed by atoms with Crippen LogP contribution in [0.15, 0.2) is 30.3 Å². The van der Waals surface area contributed by atoms with Gasteiger partial charge in [-0.1, -0.05) is 36.8 Å². The first-order valence-corrected chi connectivity index (χ1v) is 8.80. The number of nitrogens with zero attached hydrogens (tertiary/aromatic N) is 1. The van der Waals surface area contributed by atoms with Gasteiger partial charge in [-0.05, 0) is 63.0 Å². The zero-order valence-corrected chi connectivity index (χ0v) is 13.1. The molecule has 0 aromatic heterocycles. The highest BCUT2D eigenvalue weighted by Gasteiger charge is 2.31. The number of rotatable bonds is 4. The van der Waals surface area contributed by atoms with Crippen LogP contribution in [0.25, 0.3) is 0 Å². The Balaban J connectivity index is 1.57. The van der Waals surface area contributed by atoms with Crippen molar-refractivity contribution in [2.75, 3.05) is 13.2 Å². The molecule has 2 heteroatoms. The van der Waals surface area contributed by atoms with Gasteiger partial charge in [-0.2, -0.15) is 0 Å². The van der Waals surface area contributed by atoms with Gasteiger partial charge in [0, 0.05) is 18.7 Å². The molecule has 1 saturated heterocycles. The minimum Gasteiger partial charge on any atom is -0.396 e. The number of piperidine rings is 1. The van der Waals surface area contributed by atoms with E-state index in [2.05, 4.69) is 35.2 Å². The molecular weight excluding hydrogens is 258 g/mol. The van der Waals surface area contributed by atoms with Crippen molar-refractivity contribution in [3.63, 3.8) is 0 Å². The third-order valence-corrected chi connectivity index (χ3v) is 5.57. The predicted octanol–water partition coefficient (Wildman–Crippen LogP) is 3.95. The highest BCUT2D eigenvalue weighted by Crippen LogP contribution is 2.36. The molecule has 0 unspecified atom stereocenters. The summed E-state index contributed by atoms with van der Waals surface area (Å²) < 4.78 is 0. The summed E-state index contributed by atoms with van der Waals surface area (Å²) in [6, 6.07) is 12.4. The Morgan fingerprint density at radius 2 is 1.71 bits per heavy atom. The van der Waals surface area contributed by atoms with Crippen molar-refractivity contribution in [2.45, 2.75) is 69.4 Å². The third kappa shape index (κ3) is 3.67. The molecular formula is C19H29NO. The van der Waals surface area contributed by atoms with Gasteiger partial charge in [0.15, 0.2) is 0 Å². The van der Waals surface area contributed by atoms with Crippen LogP contribution in [0, 0.1) is 0 Å². The second kappa shape index (κ2) is 7.42. The lowest BCUT2D eigenvalue weighted by Gasteiger charge is -2.44. The third-order valence-electron chi connectivity index (χ3n) is 5.57. The van der Waals surface area contributed by atoms with Gasteiger partial charge in [0.05, 0.1) is 0 Å². The molecule has 0 bridgehead atoms. The first kappa shape index (κ1) is 15.1. The molecule has 2 nitrogen and oxygen atoms in total. The lowest BCUT2D eigenvalue weighted by atomic mass is 9.80. The largest absolute Gasteiger partial charge is 0.396 e. The highest BCUT2D eigenvalue weighted by molar-refractivity contribution is 5.20. The average molecular weight is 287 g/mol. The predicted molar refractivity (Wildman–Crippen MR) is 87.5 cm³/mol. The van der Waals surface area contributed by atoms with Crippen LogP contribution in [-0.2, 0) is 0 Å². The van der Waals surface area contributed by atoms with Crippen molar-refractivity contribution in [3.05, 3.63) is 35.9 Å². The molecule has 3 rings (SSSR count). The van der Waals surface area contributed by atoms with E-state index in [1.165, 1.54) is 57.1 Å². The second-order valence-electron chi connectivity index (χ2n) is 6.82. The van der Waals surface area contributed by atoms with E-state index in [9.17, 15) is 5.11 Å². The van der Waals surface area contributed by atoms with Crippen LogP contribution in [0.4, 0.5) is 0 Å². The van der Waals surface area contributed by atoms with Crippen LogP contribution < -0.4 is 0 Å². The van der Waals surface area contributed by atoms with Gasteiger partial charge in [0.1, 0.15) is 0 Å². The van der Waals surface area contributed by atoms with E-state index in [4.69, 9.17) is 0 Å². The smallest absolute Gasteiger partial charge is 0.0445 e. The zero-order valence-electron chi connectivity index (χ0n) is 13.1. The molecule has 2 fully saturated rings. The molecule has 1 N–H and O–H groups in total. The summed E-state index contributed by atoms with van der Waals surface area (Å²) in [6.07, 6.45) is 10.3. The second-order valence-corrected chi connectivity index (χ2v) is 6.82. The number of aliphatic hydroxyl groups excluding tert-OH is 1. The minimum atomic E-state index is 0.348. The van der Waals surface area contributed by atoms with Crippen molar-refractivity contribution in [2.24, 2.45) is 0 Å². The molecule has 0 radical (unpaired) electrons. The van der Waals surface area contributed by atoms with E-state index in [1.807, 2.05) is 0 Å². The van der Waals surface area contributed by atoms with Crippen LogP contribution in [0.2, 0.25) is 0 Å². The topological polar surface area (TPSA) is 23.5 Å². The molecule has 116 valence electrons. The monoisotopic (exact) mass is 287 g/mol. The molecule has 21 heavy (non-hydrogen) atoms. The van der Waals surface area contributed by atoms with Crippen molar-refractivity contribution in [1.29, 1.82) is 0 Å². The number of hydrogen-bond donors (Lipinski definition) is 1. The fourth-order valence-corrected chi connectivity index (χ4v) is 4.43. The Bertz CT molecular complexity index is 409. The van der Waals surface area contributed by atoms with Crippen LogP contribution >= 0.6 is 0 Å². The van der Waals surface area contributed by atoms with Gasteiger partial charge < -0.3 is 5.11 Å². The summed E-state index contributed by atoms with van der Waals surface area (Å²) in [5.74, 6) is 0.767. The fourth-order valence-electron chi connectivity index (χ4n) is 4.43. The molecule has 0 spiro atoms. The molecule has 1 aromatic carbocycles. The van der Waals surface area contributed by atoms with E-state index >= 15 is 0 Å². The van der Waals surface area contributed by atoms with Crippen molar-refractivity contribution >= 4 is 0 Å². The molecule has 0 amide bonds. The molecule has 1 aliphatic heterocycles. The van der Waals surface area contributed by atoms with Crippen molar-refractivity contribution in [3.8, 4) is 0 Å². The lowest BCUT2D eigenvalue weighted by molar-refractivity contribution is 0.0548. The van der Waals surface area contributed by atoms with E-state index < -0.39 is 0 Å². The molecule has 1 heterocycles. The molecule has 1 saturated carbocycles. The van der Waals surface area contributed by atoms with Crippen LogP contribution in [0.5, 0.6) is 0 Å². The summed E-state index contributed by atoms with van der Waals surface area (Å²) in [5, 5.41) is 9.30. The maximum Gasteiger partial charge on any atom is 0.0445 e. The molecule has 1 atom stereocenters. The molecule has 1 aromatic rings. The maximum absolute atomic E-state index is 9.30. The van der Waals surface area contributed by atoms with E-state index in [0.29, 0.717) is 12.6 Å². The summed E-state index contributed by atoms with van der Waals surface area (Å²) in [4.78, 5) is 2.74. The number of benzene rings is 1. The van der Waals surface area contributed by atoms with E-state index in [0.717, 1.165) is 18.4 Å². The van der Waals surface area contributed by atoms with Gasteiger partial charge in [-0.15, -0.1) is 0 Å². The Hall–Kier alpha value is -0.860. The Morgan fingerprint density at radius 1 is 0.952 bits per heavy atom. The normalized spacial score (nSPS) is 31.2.